The first-order valence-corrected chi connectivity index (χ1v) is 8.16. The minimum absolute atomic E-state index is 0.0500. The van der Waals surface area contributed by atoms with Gasteiger partial charge in [0.15, 0.2) is 5.13 Å². The Bertz CT molecular complexity index is 566. The van der Waals surface area contributed by atoms with E-state index in [4.69, 9.17) is 0 Å². The van der Waals surface area contributed by atoms with Crippen molar-refractivity contribution < 1.29 is 4.79 Å². The molecule has 6 heteroatoms. The maximum atomic E-state index is 10.9. The molecule has 4 nitrogen and oxygen atoms in total. The van der Waals surface area contributed by atoms with Crippen LogP contribution in [0, 0.1) is 0 Å². The van der Waals surface area contributed by atoms with Crippen LogP contribution in [0.3, 0.4) is 0 Å². The molecular formula is C14H17N3OS2. The molecule has 0 fully saturated rings. The summed E-state index contributed by atoms with van der Waals surface area (Å²) in [6.45, 7) is 4.46. The highest BCUT2D eigenvalue weighted by Gasteiger charge is 2.02. The molecular weight excluding hydrogens is 290 g/mol. The number of hydrogen-bond donors (Lipinski definition) is 2. The van der Waals surface area contributed by atoms with Gasteiger partial charge in [0.1, 0.15) is 0 Å². The topological polar surface area (TPSA) is 54.0 Å². The summed E-state index contributed by atoms with van der Waals surface area (Å²) in [6.07, 6.45) is 1.92. The summed E-state index contributed by atoms with van der Waals surface area (Å²) in [5.41, 5.74) is 0.828. The van der Waals surface area contributed by atoms with E-state index in [1.165, 1.54) is 16.7 Å². The number of thiazole rings is 1. The van der Waals surface area contributed by atoms with E-state index >= 15 is 0 Å². The van der Waals surface area contributed by atoms with E-state index in [-0.39, 0.29) is 5.91 Å². The molecule has 0 radical (unpaired) electrons. The van der Waals surface area contributed by atoms with E-state index in [0.717, 1.165) is 23.1 Å². The van der Waals surface area contributed by atoms with E-state index in [0.29, 0.717) is 0 Å². The Balaban J connectivity index is 1.88. The maximum absolute atomic E-state index is 10.9. The SMILES string of the molecule is CCNc1ncc(CSc2ccc(NC(C)=O)cc2)s1. The summed E-state index contributed by atoms with van der Waals surface area (Å²) in [5, 5.41) is 6.94. The number of hydrogen-bond acceptors (Lipinski definition) is 5. The lowest BCUT2D eigenvalue weighted by Crippen LogP contribution is -2.05. The normalized spacial score (nSPS) is 10.3. The summed E-state index contributed by atoms with van der Waals surface area (Å²) in [7, 11) is 0. The number of carbonyl (C=O) groups excluding carboxylic acids is 1. The molecule has 20 heavy (non-hydrogen) atoms. The Labute approximate surface area is 127 Å². The summed E-state index contributed by atoms with van der Waals surface area (Å²) < 4.78 is 0. The van der Waals surface area contributed by atoms with Crippen molar-refractivity contribution in [2.24, 2.45) is 0 Å². The average molecular weight is 307 g/mol. The first kappa shape index (κ1) is 14.9. The second-order valence-electron chi connectivity index (χ2n) is 4.16. The first-order chi connectivity index (χ1) is 9.67. The van der Waals surface area contributed by atoms with Crippen molar-refractivity contribution in [3.63, 3.8) is 0 Å². The average Bonchev–Trinajstić information content (AvgIpc) is 2.86. The molecule has 1 aromatic heterocycles. The summed E-state index contributed by atoms with van der Waals surface area (Å²) in [4.78, 5) is 17.7. The molecule has 106 valence electrons. The Morgan fingerprint density at radius 2 is 2.10 bits per heavy atom. The van der Waals surface area contributed by atoms with E-state index in [1.54, 1.807) is 23.1 Å². The van der Waals surface area contributed by atoms with Gasteiger partial charge in [-0.2, -0.15) is 0 Å². The number of thioether (sulfide) groups is 1. The van der Waals surface area contributed by atoms with Crippen molar-refractivity contribution in [1.82, 2.24) is 4.98 Å². The highest BCUT2D eigenvalue weighted by molar-refractivity contribution is 7.98. The van der Waals surface area contributed by atoms with Gasteiger partial charge in [-0.05, 0) is 31.2 Å². The van der Waals surface area contributed by atoms with Gasteiger partial charge in [0.25, 0.3) is 0 Å². The number of aromatic nitrogens is 1. The summed E-state index contributed by atoms with van der Waals surface area (Å²) in [6, 6.07) is 7.87. The van der Waals surface area contributed by atoms with Crippen molar-refractivity contribution in [2.75, 3.05) is 17.2 Å². The third kappa shape index (κ3) is 4.54. The van der Waals surface area contributed by atoms with Crippen LogP contribution in [0.25, 0.3) is 0 Å². The molecule has 0 aliphatic heterocycles. The number of rotatable bonds is 6. The number of carbonyl (C=O) groups is 1. The zero-order chi connectivity index (χ0) is 14.4. The van der Waals surface area contributed by atoms with Crippen LogP contribution in [0.5, 0.6) is 0 Å². The lowest BCUT2D eigenvalue weighted by molar-refractivity contribution is -0.114. The number of nitrogens with one attached hydrogen (secondary N) is 2. The molecule has 1 amide bonds. The predicted octanol–water partition coefficient (Wildman–Crippen LogP) is 3.83. The van der Waals surface area contributed by atoms with Crippen molar-refractivity contribution in [3.05, 3.63) is 35.3 Å². The number of amides is 1. The van der Waals surface area contributed by atoms with Crippen LogP contribution >= 0.6 is 23.1 Å². The largest absolute Gasteiger partial charge is 0.362 e. The lowest BCUT2D eigenvalue weighted by Gasteiger charge is -2.03. The minimum Gasteiger partial charge on any atom is -0.362 e. The van der Waals surface area contributed by atoms with Crippen molar-refractivity contribution in [3.8, 4) is 0 Å². The molecule has 0 atom stereocenters. The second kappa shape index (κ2) is 7.31. The van der Waals surface area contributed by atoms with E-state index in [2.05, 4.69) is 22.5 Å². The Morgan fingerprint density at radius 3 is 2.75 bits per heavy atom. The molecule has 0 saturated heterocycles. The standard InChI is InChI=1S/C14H17N3OS2/c1-3-15-14-16-8-13(20-14)9-19-12-6-4-11(5-7-12)17-10(2)18/h4-8H,3,9H2,1-2H3,(H,15,16)(H,17,18). The van der Waals surface area contributed by atoms with E-state index in [9.17, 15) is 4.79 Å². The molecule has 2 aromatic rings. The molecule has 0 unspecified atom stereocenters. The van der Waals surface area contributed by atoms with Gasteiger partial charge in [0.05, 0.1) is 0 Å². The summed E-state index contributed by atoms with van der Waals surface area (Å²) in [5.74, 6) is 0.855. The van der Waals surface area contributed by atoms with Gasteiger partial charge in [-0.1, -0.05) is 0 Å². The fraction of sp³-hybridized carbons (Fsp3) is 0.286. The van der Waals surface area contributed by atoms with Gasteiger partial charge in [-0.3, -0.25) is 4.79 Å². The lowest BCUT2D eigenvalue weighted by atomic mass is 10.3. The number of benzene rings is 1. The monoisotopic (exact) mass is 307 g/mol. The maximum Gasteiger partial charge on any atom is 0.221 e. The quantitative estimate of drug-likeness (QED) is 0.797. The minimum atomic E-state index is -0.0500. The van der Waals surface area contributed by atoms with Crippen molar-refractivity contribution >= 4 is 39.8 Å². The van der Waals surface area contributed by atoms with Crippen LogP contribution in [0.1, 0.15) is 18.7 Å². The van der Waals surface area contributed by atoms with Gasteiger partial charge in [-0.15, -0.1) is 23.1 Å². The number of anilines is 2. The smallest absolute Gasteiger partial charge is 0.221 e. The van der Waals surface area contributed by atoms with Crippen LogP contribution in [-0.2, 0) is 10.5 Å². The molecule has 0 saturated carbocycles. The fourth-order valence-corrected chi connectivity index (χ4v) is 3.40. The molecule has 1 aromatic carbocycles. The van der Waals surface area contributed by atoms with Crippen LogP contribution < -0.4 is 10.6 Å². The molecule has 2 N–H and O–H groups in total. The highest BCUT2D eigenvalue weighted by atomic mass is 32.2. The molecule has 1 heterocycles. The Kier molecular flexibility index (Phi) is 5.43. The first-order valence-electron chi connectivity index (χ1n) is 6.36. The van der Waals surface area contributed by atoms with Gasteiger partial charge < -0.3 is 10.6 Å². The van der Waals surface area contributed by atoms with Gasteiger partial charge in [-0.25, -0.2) is 4.98 Å². The van der Waals surface area contributed by atoms with Crippen molar-refractivity contribution in [1.29, 1.82) is 0 Å². The highest BCUT2D eigenvalue weighted by Crippen LogP contribution is 2.28. The number of nitrogens with zero attached hydrogens (tertiary/aromatic N) is 1. The van der Waals surface area contributed by atoms with Crippen molar-refractivity contribution in [2.45, 2.75) is 24.5 Å². The fourth-order valence-electron chi connectivity index (χ4n) is 1.60. The Hall–Kier alpha value is -1.53. The van der Waals surface area contributed by atoms with Gasteiger partial charge >= 0.3 is 0 Å². The van der Waals surface area contributed by atoms with E-state index in [1.807, 2.05) is 30.5 Å². The van der Waals surface area contributed by atoms with Crippen LogP contribution in [0.15, 0.2) is 35.4 Å². The van der Waals surface area contributed by atoms with Crippen LogP contribution in [-0.4, -0.2) is 17.4 Å². The third-order valence-electron chi connectivity index (χ3n) is 2.44. The third-order valence-corrected chi connectivity index (χ3v) is 4.64. The van der Waals surface area contributed by atoms with Gasteiger partial charge in [0, 0.05) is 40.9 Å². The van der Waals surface area contributed by atoms with Gasteiger partial charge in [0.2, 0.25) is 5.91 Å². The Morgan fingerprint density at radius 1 is 1.35 bits per heavy atom. The predicted molar refractivity (Wildman–Crippen MR) is 86.6 cm³/mol. The van der Waals surface area contributed by atoms with Crippen LogP contribution in [0.4, 0.5) is 10.8 Å². The molecule has 0 bridgehead atoms. The molecule has 0 aliphatic rings. The molecule has 2 rings (SSSR count). The molecule has 0 spiro atoms. The second-order valence-corrected chi connectivity index (χ2v) is 6.32. The zero-order valence-corrected chi connectivity index (χ0v) is 13.1. The molecule has 0 aliphatic carbocycles. The zero-order valence-electron chi connectivity index (χ0n) is 11.5. The summed E-state index contributed by atoms with van der Waals surface area (Å²) >= 11 is 3.45. The van der Waals surface area contributed by atoms with Crippen LogP contribution in [0.2, 0.25) is 0 Å². The van der Waals surface area contributed by atoms with E-state index < -0.39 is 0 Å².